The van der Waals surface area contributed by atoms with Gasteiger partial charge in [-0.05, 0) is 78.8 Å². The topological polar surface area (TPSA) is 98.8 Å². The number of benzene rings is 2. The quantitative estimate of drug-likeness (QED) is 0.298. The Balaban J connectivity index is 1.11. The maximum atomic E-state index is 13.0. The van der Waals surface area contributed by atoms with Gasteiger partial charge < -0.3 is 20.4 Å². The molecule has 10 heteroatoms. The van der Waals surface area contributed by atoms with Crippen LogP contribution >= 0.6 is 23.1 Å². The van der Waals surface area contributed by atoms with Crippen molar-refractivity contribution in [1.29, 1.82) is 0 Å². The molecule has 2 saturated heterocycles. The molecule has 4 amide bonds. The highest BCUT2D eigenvalue weighted by Gasteiger charge is 2.35. The molecule has 0 bridgehead atoms. The summed E-state index contributed by atoms with van der Waals surface area (Å²) in [6.45, 7) is 1.24. The summed E-state index contributed by atoms with van der Waals surface area (Å²) >= 11 is 3.02. The van der Waals surface area contributed by atoms with E-state index in [1.54, 1.807) is 21.1 Å². The van der Waals surface area contributed by atoms with Crippen molar-refractivity contribution >= 4 is 70.3 Å². The lowest BCUT2D eigenvalue weighted by molar-refractivity contribution is -0.136. The maximum absolute atomic E-state index is 13.0. The molecule has 43 heavy (non-hydrogen) atoms. The maximum Gasteiger partial charge on any atom is 0.247 e. The van der Waals surface area contributed by atoms with Gasteiger partial charge in [0, 0.05) is 29.3 Å². The van der Waals surface area contributed by atoms with Crippen molar-refractivity contribution in [3.8, 4) is 0 Å². The van der Waals surface area contributed by atoms with E-state index in [0.29, 0.717) is 49.5 Å². The summed E-state index contributed by atoms with van der Waals surface area (Å²) in [5.41, 5.74) is 3.33. The van der Waals surface area contributed by atoms with Crippen molar-refractivity contribution in [2.24, 2.45) is 0 Å². The van der Waals surface area contributed by atoms with E-state index < -0.39 is 12.1 Å². The Hall–Kier alpha value is -3.89. The molecule has 3 heterocycles. The van der Waals surface area contributed by atoms with Gasteiger partial charge in [0.1, 0.15) is 12.1 Å². The summed E-state index contributed by atoms with van der Waals surface area (Å²) in [6, 6.07) is 18.2. The zero-order valence-electron chi connectivity index (χ0n) is 24.2. The van der Waals surface area contributed by atoms with Crippen LogP contribution in [0.5, 0.6) is 0 Å². The first-order chi connectivity index (χ1) is 20.9. The minimum absolute atomic E-state index is 0.00499. The molecule has 224 valence electrons. The van der Waals surface area contributed by atoms with Gasteiger partial charge in [0.2, 0.25) is 23.6 Å². The average molecular weight is 617 g/mol. The van der Waals surface area contributed by atoms with E-state index in [0.717, 1.165) is 28.8 Å². The molecule has 3 aromatic rings. The van der Waals surface area contributed by atoms with Crippen molar-refractivity contribution in [3.63, 3.8) is 0 Å². The molecular formula is C33H36N4O4S2. The molecule has 0 aliphatic carbocycles. The molecule has 2 aromatic carbocycles. The first-order valence-electron chi connectivity index (χ1n) is 14.5. The molecule has 2 atom stereocenters. The highest BCUT2D eigenvalue weighted by Crippen LogP contribution is 2.23. The Labute approximate surface area is 260 Å². The zero-order valence-corrected chi connectivity index (χ0v) is 25.8. The number of likely N-dealkylation sites (tertiary alicyclic amines) is 2. The van der Waals surface area contributed by atoms with Gasteiger partial charge in [0.25, 0.3) is 0 Å². The lowest BCUT2D eigenvalue weighted by Gasteiger charge is -2.24. The van der Waals surface area contributed by atoms with Crippen LogP contribution in [-0.2, 0) is 25.6 Å². The van der Waals surface area contributed by atoms with Gasteiger partial charge in [0.15, 0.2) is 0 Å². The minimum atomic E-state index is -0.445. The van der Waals surface area contributed by atoms with Crippen LogP contribution in [0.2, 0.25) is 0 Å². The number of rotatable bonds is 10. The Bertz CT molecular complexity index is 1460. The van der Waals surface area contributed by atoms with E-state index in [1.807, 2.05) is 84.5 Å². The third-order valence-electron chi connectivity index (χ3n) is 7.75. The van der Waals surface area contributed by atoms with Gasteiger partial charge in [-0.3, -0.25) is 19.2 Å². The molecule has 5 rings (SSSR count). The smallest absolute Gasteiger partial charge is 0.247 e. The van der Waals surface area contributed by atoms with Crippen LogP contribution < -0.4 is 10.6 Å². The lowest BCUT2D eigenvalue weighted by Crippen LogP contribution is -2.43. The number of hydrogen-bond donors (Lipinski definition) is 2. The van der Waals surface area contributed by atoms with E-state index in [2.05, 4.69) is 10.6 Å². The lowest BCUT2D eigenvalue weighted by atomic mass is 10.1. The second-order valence-electron chi connectivity index (χ2n) is 10.7. The normalized spacial score (nSPS) is 18.3. The van der Waals surface area contributed by atoms with E-state index in [-0.39, 0.29) is 23.6 Å². The summed E-state index contributed by atoms with van der Waals surface area (Å²) in [5, 5.41) is 7.88. The second-order valence-corrected chi connectivity index (χ2v) is 12.6. The number of carbonyl (C=O) groups excluding carboxylic acids is 4. The summed E-state index contributed by atoms with van der Waals surface area (Å²) in [5.74, 6) is 0.0981. The first kappa shape index (κ1) is 30.6. The molecule has 2 aliphatic heterocycles. The number of carbonyl (C=O) groups is 4. The summed E-state index contributed by atoms with van der Waals surface area (Å²) < 4.78 is 0. The number of nitrogens with one attached hydrogen (secondary N) is 2. The summed E-state index contributed by atoms with van der Waals surface area (Å²) in [7, 11) is 0. The van der Waals surface area contributed by atoms with Crippen LogP contribution in [0.15, 0.2) is 66.0 Å². The molecule has 2 fully saturated rings. The first-order valence-corrected chi connectivity index (χ1v) is 16.8. The second kappa shape index (κ2) is 14.5. The summed E-state index contributed by atoms with van der Waals surface area (Å²) in [4.78, 5) is 55.4. The predicted molar refractivity (Wildman–Crippen MR) is 175 cm³/mol. The number of thiophene rings is 1. The van der Waals surface area contributed by atoms with Crippen LogP contribution in [0, 0.1) is 0 Å². The van der Waals surface area contributed by atoms with Gasteiger partial charge in [-0.2, -0.15) is 11.8 Å². The van der Waals surface area contributed by atoms with E-state index >= 15 is 0 Å². The van der Waals surface area contributed by atoms with Crippen LogP contribution in [0.3, 0.4) is 0 Å². The largest absolute Gasteiger partial charge is 0.330 e. The Morgan fingerprint density at radius 2 is 1.30 bits per heavy atom. The average Bonchev–Trinajstić information content (AvgIpc) is 3.80. The third-order valence-corrected chi connectivity index (χ3v) is 9.16. The van der Waals surface area contributed by atoms with Crippen LogP contribution in [0.4, 0.5) is 11.4 Å². The molecular weight excluding hydrogens is 581 g/mol. The summed E-state index contributed by atoms with van der Waals surface area (Å²) in [6.07, 6.45) is 9.20. The standard InChI is InChI=1S/C33H36N4O4S2/c1-42-22-31(39)37-19-3-7-29(37)33(41)35-26-16-12-24(13-17-26)9-8-23-10-14-25(15-11-23)34-32(40)28-6-2-18-36(28)30(38)21-27-5-4-20-43-27/h4-5,8-17,20,28-29H,2-3,6-7,18-19,21-22H2,1H3,(H,34,40)(H,35,41)/t28-,29-/m0/s1. The van der Waals surface area contributed by atoms with Gasteiger partial charge in [-0.15, -0.1) is 11.3 Å². The highest BCUT2D eigenvalue weighted by atomic mass is 32.2. The van der Waals surface area contributed by atoms with Gasteiger partial charge in [-0.1, -0.05) is 42.5 Å². The number of hydrogen-bond acceptors (Lipinski definition) is 6. The van der Waals surface area contributed by atoms with Gasteiger partial charge in [0.05, 0.1) is 12.2 Å². The van der Waals surface area contributed by atoms with Gasteiger partial charge in [-0.25, -0.2) is 0 Å². The molecule has 8 nitrogen and oxygen atoms in total. The van der Waals surface area contributed by atoms with Crippen LogP contribution in [0.25, 0.3) is 12.2 Å². The molecule has 2 N–H and O–H groups in total. The Morgan fingerprint density at radius 3 is 1.77 bits per heavy atom. The number of anilines is 2. The van der Waals surface area contributed by atoms with Crippen molar-refractivity contribution < 1.29 is 19.2 Å². The van der Waals surface area contributed by atoms with E-state index in [1.165, 1.54) is 11.8 Å². The minimum Gasteiger partial charge on any atom is -0.330 e. The molecule has 1 aromatic heterocycles. The van der Waals surface area contributed by atoms with Crippen molar-refractivity contribution in [3.05, 3.63) is 82.0 Å². The van der Waals surface area contributed by atoms with E-state index in [9.17, 15) is 19.2 Å². The van der Waals surface area contributed by atoms with Crippen LogP contribution in [0.1, 0.15) is 41.7 Å². The van der Waals surface area contributed by atoms with Gasteiger partial charge >= 0.3 is 0 Å². The Morgan fingerprint density at radius 1 is 0.791 bits per heavy atom. The van der Waals surface area contributed by atoms with Crippen LogP contribution in [-0.4, -0.2) is 70.6 Å². The Kier molecular flexibility index (Phi) is 10.3. The molecule has 0 radical (unpaired) electrons. The number of thioether (sulfide) groups is 1. The molecule has 2 aliphatic rings. The monoisotopic (exact) mass is 616 g/mol. The highest BCUT2D eigenvalue weighted by molar-refractivity contribution is 7.99. The molecule has 0 saturated carbocycles. The predicted octanol–water partition coefficient (Wildman–Crippen LogP) is 5.38. The van der Waals surface area contributed by atoms with Crippen molar-refractivity contribution in [2.45, 2.75) is 44.2 Å². The number of amides is 4. The molecule has 0 spiro atoms. The van der Waals surface area contributed by atoms with Crippen molar-refractivity contribution in [1.82, 2.24) is 9.80 Å². The third kappa shape index (κ3) is 7.94. The fourth-order valence-electron chi connectivity index (χ4n) is 5.54. The van der Waals surface area contributed by atoms with Crippen molar-refractivity contribution in [2.75, 3.05) is 35.7 Å². The number of nitrogens with zero attached hydrogens (tertiary/aromatic N) is 2. The fourth-order valence-corrected chi connectivity index (χ4v) is 6.65. The fraction of sp³-hybridized carbons (Fsp3) is 0.333. The SMILES string of the molecule is CSCC(=O)N1CCC[C@H]1C(=O)Nc1ccc(C=Cc2ccc(NC(=O)[C@@H]3CCCN3C(=O)Cc3cccs3)cc2)cc1. The zero-order chi connectivity index (χ0) is 30.2. The van der Waals surface area contributed by atoms with E-state index in [4.69, 9.17) is 0 Å². The molecule has 0 unspecified atom stereocenters.